The summed E-state index contributed by atoms with van der Waals surface area (Å²) in [5, 5.41) is 6.50. The molecular formula is C23H20N4O2. The van der Waals surface area contributed by atoms with Crippen LogP contribution < -0.4 is 10.6 Å². The number of pyridine rings is 1. The molecule has 4 aromatic rings. The van der Waals surface area contributed by atoms with Crippen LogP contribution in [0.3, 0.4) is 0 Å². The lowest BCUT2D eigenvalue weighted by Gasteiger charge is -2.09. The topological polar surface area (TPSA) is 76.0 Å². The number of aromatic nitrogens is 2. The van der Waals surface area contributed by atoms with Crippen LogP contribution in [0.5, 0.6) is 0 Å². The summed E-state index contributed by atoms with van der Waals surface area (Å²) in [5.74, 6) is -0.0872. The lowest BCUT2D eigenvalue weighted by atomic mass is 10.1. The van der Waals surface area contributed by atoms with Crippen molar-refractivity contribution in [2.45, 2.75) is 13.5 Å². The van der Waals surface area contributed by atoms with E-state index in [9.17, 15) is 9.59 Å². The minimum Gasteiger partial charge on any atom is -0.334 e. The number of carbonyl (C=O) groups excluding carboxylic acids is 2. The molecule has 2 amide bonds. The Hall–Kier alpha value is -3.93. The SMILES string of the molecule is Cc1ccc(C(=O)n2ccc3cc(NC(=O)NCc4ccncc4)ccc32)cc1. The molecule has 0 radical (unpaired) electrons. The largest absolute Gasteiger partial charge is 0.334 e. The van der Waals surface area contributed by atoms with Crippen LogP contribution in [0.25, 0.3) is 10.9 Å². The molecule has 0 atom stereocenters. The second kappa shape index (κ2) is 7.98. The van der Waals surface area contributed by atoms with Crippen molar-refractivity contribution in [2.24, 2.45) is 0 Å². The maximum Gasteiger partial charge on any atom is 0.319 e. The van der Waals surface area contributed by atoms with E-state index in [-0.39, 0.29) is 11.9 Å². The second-order valence-electron chi connectivity index (χ2n) is 6.79. The number of fused-ring (bicyclic) bond motifs is 1. The quantitative estimate of drug-likeness (QED) is 0.549. The van der Waals surface area contributed by atoms with Crippen LogP contribution in [0.4, 0.5) is 10.5 Å². The molecule has 0 unspecified atom stereocenters. The van der Waals surface area contributed by atoms with E-state index in [1.54, 1.807) is 29.2 Å². The van der Waals surface area contributed by atoms with Crippen molar-refractivity contribution in [2.75, 3.05) is 5.32 Å². The van der Waals surface area contributed by atoms with Crippen molar-refractivity contribution in [1.82, 2.24) is 14.9 Å². The standard InChI is InChI=1S/C23H20N4O2/c1-16-2-4-18(5-3-16)22(28)27-13-10-19-14-20(6-7-21(19)27)26-23(29)25-15-17-8-11-24-12-9-17/h2-14H,15H2,1H3,(H2,25,26,29). The van der Waals surface area contributed by atoms with Crippen molar-refractivity contribution in [3.63, 3.8) is 0 Å². The van der Waals surface area contributed by atoms with Gasteiger partial charge in [-0.25, -0.2) is 4.79 Å². The number of amides is 2. The minimum absolute atomic E-state index is 0.0872. The molecule has 6 heteroatoms. The van der Waals surface area contributed by atoms with E-state index >= 15 is 0 Å². The zero-order valence-corrected chi connectivity index (χ0v) is 15.9. The summed E-state index contributed by atoms with van der Waals surface area (Å²) >= 11 is 0. The van der Waals surface area contributed by atoms with Crippen LogP contribution >= 0.6 is 0 Å². The van der Waals surface area contributed by atoms with Gasteiger partial charge in [0.05, 0.1) is 5.52 Å². The molecule has 0 spiro atoms. The van der Waals surface area contributed by atoms with Gasteiger partial charge in [-0.1, -0.05) is 17.7 Å². The third kappa shape index (κ3) is 4.16. The van der Waals surface area contributed by atoms with Crippen LogP contribution in [0.2, 0.25) is 0 Å². The molecule has 29 heavy (non-hydrogen) atoms. The Balaban J connectivity index is 1.47. The molecule has 2 N–H and O–H groups in total. The fraction of sp³-hybridized carbons (Fsp3) is 0.0870. The van der Waals surface area contributed by atoms with Gasteiger partial charge in [-0.15, -0.1) is 0 Å². The molecular weight excluding hydrogens is 364 g/mol. The number of urea groups is 1. The molecule has 6 nitrogen and oxygen atoms in total. The van der Waals surface area contributed by atoms with Crippen LogP contribution in [0.15, 0.2) is 79.3 Å². The number of hydrogen-bond donors (Lipinski definition) is 2. The first-order valence-electron chi connectivity index (χ1n) is 9.26. The minimum atomic E-state index is -0.295. The van der Waals surface area contributed by atoms with Crippen LogP contribution in [0.1, 0.15) is 21.5 Å². The Morgan fingerprint density at radius 3 is 2.48 bits per heavy atom. The fourth-order valence-electron chi connectivity index (χ4n) is 3.09. The van der Waals surface area contributed by atoms with E-state index < -0.39 is 0 Å². The van der Waals surface area contributed by atoms with Gasteiger partial charge in [-0.2, -0.15) is 0 Å². The van der Waals surface area contributed by atoms with Gasteiger partial charge < -0.3 is 10.6 Å². The van der Waals surface area contributed by atoms with Crippen molar-refractivity contribution >= 4 is 28.5 Å². The van der Waals surface area contributed by atoms with Gasteiger partial charge in [-0.05, 0) is 61.0 Å². The Kier molecular flexibility index (Phi) is 5.07. The molecule has 0 aliphatic rings. The Morgan fingerprint density at radius 2 is 1.72 bits per heavy atom. The predicted molar refractivity (Wildman–Crippen MR) is 113 cm³/mol. The van der Waals surface area contributed by atoms with Crippen LogP contribution in [0, 0.1) is 6.92 Å². The van der Waals surface area contributed by atoms with Crippen LogP contribution in [-0.2, 0) is 6.54 Å². The first kappa shape index (κ1) is 18.4. The van der Waals surface area contributed by atoms with Gasteiger partial charge in [0.1, 0.15) is 0 Å². The molecule has 0 aliphatic carbocycles. The van der Waals surface area contributed by atoms with Crippen molar-refractivity contribution in [1.29, 1.82) is 0 Å². The Labute approximate surface area is 168 Å². The molecule has 0 saturated heterocycles. The Bertz CT molecular complexity index is 1160. The van der Waals surface area contributed by atoms with Crippen molar-refractivity contribution in [3.05, 3.63) is 95.9 Å². The normalized spacial score (nSPS) is 10.7. The van der Waals surface area contributed by atoms with E-state index in [4.69, 9.17) is 0 Å². The smallest absolute Gasteiger partial charge is 0.319 e. The summed E-state index contributed by atoms with van der Waals surface area (Å²) < 4.78 is 1.62. The maximum atomic E-state index is 12.8. The van der Waals surface area contributed by atoms with Gasteiger partial charge in [0.25, 0.3) is 5.91 Å². The molecule has 0 saturated carbocycles. The number of nitrogens with one attached hydrogen (secondary N) is 2. The number of hydrogen-bond acceptors (Lipinski definition) is 3. The molecule has 144 valence electrons. The summed E-state index contributed by atoms with van der Waals surface area (Å²) in [5.41, 5.74) is 4.16. The highest BCUT2D eigenvalue weighted by Crippen LogP contribution is 2.22. The lowest BCUT2D eigenvalue weighted by molar-refractivity contribution is 0.0965. The number of nitrogens with zero attached hydrogens (tertiary/aromatic N) is 2. The zero-order chi connectivity index (χ0) is 20.2. The molecule has 2 aromatic carbocycles. The molecule has 0 aliphatic heterocycles. The summed E-state index contributed by atoms with van der Waals surface area (Å²) in [7, 11) is 0. The summed E-state index contributed by atoms with van der Waals surface area (Å²) in [6, 6.07) is 18.2. The lowest BCUT2D eigenvalue weighted by Crippen LogP contribution is -2.28. The fourth-order valence-corrected chi connectivity index (χ4v) is 3.09. The number of rotatable bonds is 4. The molecule has 4 rings (SSSR count). The maximum absolute atomic E-state index is 12.8. The molecule has 2 heterocycles. The molecule has 2 aromatic heterocycles. The average Bonchev–Trinajstić information content (AvgIpc) is 3.16. The van der Waals surface area contributed by atoms with E-state index in [0.29, 0.717) is 17.8 Å². The third-order valence-electron chi connectivity index (χ3n) is 4.67. The van der Waals surface area contributed by atoms with E-state index in [1.807, 2.05) is 61.5 Å². The summed E-state index contributed by atoms with van der Waals surface area (Å²) in [6.45, 7) is 2.40. The van der Waals surface area contributed by atoms with E-state index in [2.05, 4.69) is 15.6 Å². The highest BCUT2D eigenvalue weighted by atomic mass is 16.2. The first-order valence-corrected chi connectivity index (χ1v) is 9.26. The molecule has 0 fully saturated rings. The number of aryl methyl sites for hydroxylation is 1. The summed E-state index contributed by atoms with van der Waals surface area (Å²) in [4.78, 5) is 28.9. The monoisotopic (exact) mass is 384 g/mol. The highest BCUT2D eigenvalue weighted by molar-refractivity contribution is 6.03. The van der Waals surface area contributed by atoms with Gasteiger partial charge in [-0.3, -0.25) is 14.3 Å². The zero-order valence-electron chi connectivity index (χ0n) is 15.9. The van der Waals surface area contributed by atoms with Crippen molar-refractivity contribution in [3.8, 4) is 0 Å². The Morgan fingerprint density at radius 1 is 0.966 bits per heavy atom. The highest BCUT2D eigenvalue weighted by Gasteiger charge is 2.12. The second-order valence-corrected chi connectivity index (χ2v) is 6.79. The average molecular weight is 384 g/mol. The number of carbonyl (C=O) groups is 2. The van der Waals surface area contributed by atoms with Gasteiger partial charge >= 0.3 is 6.03 Å². The summed E-state index contributed by atoms with van der Waals surface area (Å²) in [6.07, 6.45) is 5.12. The van der Waals surface area contributed by atoms with Crippen molar-refractivity contribution < 1.29 is 9.59 Å². The first-order chi connectivity index (χ1) is 14.1. The number of anilines is 1. The predicted octanol–water partition coefficient (Wildman–Crippen LogP) is 4.35. The van der Waals surface area contributed by atoms with Gasteiger partial charge in [0, 0.05) is 41.8 Å². The van der Waals surface area contributed by atoms with E-state index in [0.717, 1.165) is 22.0 Å². The van der Waals surface area contributed by atoms with Gasteiger partial charge in [0.2, 0.25) is 0 Å². The van der Waals surface area contributed by atoms with Crippen LogP contribution in [-0.4, -0.2) is 21.5 Å². The third-order valence-corrected chi connectivity index (χ3v) is 4.67. The van der Waals surface area contributed by atoms with Gasteiger partial charge in [0.15, 0.2) is 0 Å². The number of benzene rings is 2. The molecule has 0 bridgehead atoms. The van der Waals surface area contributed by atoms with E-state index in [1.165, 1.54) is 0 Å².